The molecule has 216 valence electrons. The van der Waals surface area contributed by atoms with Crippen LogP contribution in [-0.2, 0) is 23.8 Å². The van der Waals surface area contributed by atoms with Crippen molar-refractivity contribution in [1.82, 2.24) is 29.7 Å². The molecular formula is C27H31N7O7. The van der Waals surface area contributed by atoms with Crippen LogP contribution in [0.3, 0.4) is 0 Å². The van der Waals surface area contributed by atoms with Crippen molar-refractivity contribution in [2.45, 2.75) is 69.5 Å². The Morgan fingerprint density at radius 2 is 1.85 bits per heavy atom. The number of amides is 3. The van der Waals surface area contributed by atoms with Crippen LogP contribution in [0.5, 0.6) is 0 Å². The molecule has 3 aliphatic heterocycles. The van der Waals surface area contributed by atoms with Crippen molar-refractivity contribution in [3.8, 4) is 0 Å². The summed E-state index contributed by atoms with van der Waals surface area (Å²) in [5.74, 6) is -1.08. The van der Waals surface area contributed by atoms with Gasteiger partial charge in [0, 0.05) is 18.7 Å². The molecule has 4 unspecified atom stereocenters. The second-order valence-electron chi connectivity index (χ2n) is 10.2. The fourth-order valence-corrected chi connectivity index (χ4v) is 5.71. The Balaban J connectivity index is 1.29. The van der Waals surface area contributed by atoms with Gasteiger partial charge in [-0.25, -0.2) is 24.5 Å². The molecule has 2 aromatic heterocycles. The van der Waals surface area contributed by atoms with E-state index in [1.807, 2.05) is 30.3 Å². The van der Waals surface area contributed by atoms with Crippen LogP contribution < -0.4 is 10.6 Å². The number of carboxylic acids is 1. The first-order valence-electron chi connectivity index (χ1n) is 13.7. The van der Waals surface area contributed by atoms with Crippen LogP contribution in [0.4, 0.5) is 10.6 Å². The van der Waals surface area contributed by atoms with Gasteiger partial charge in [-0.15, -0.1) is 0 Å². The number of piperidine rings is 1. The number of benzene rings is 1. The number of anilines is 1. The smallest absolute Gasteiger partial charge is 0.326 e. The number of nitrogens with one attached hydrogen (secondary N) is 2. The molecular weight excluding hydrogens is 534 g/mol. The molecule has 41 heavy (non-hydrogen) atoms. The van der Waals surface area contributed by atoms with Crippen molar-refractivity contribution in [3.05, 3.63) is 48.5 Å². The Bertz CT molecular complexity index is 1430. The van der Waals surface area contributed by atoms with Gasteiger partial charge >= 0.3 is 12.0 Å². The van der Waals surface area contributed by atoms with Gasteiger partial charge < -0.3 is 29.5 Å². The molecule has 14 heteroatoms. The van der Waals surface area contributed by atoms with E-state index >= 15 is 0 Å². The first-order chi connectivity index (χ1) is 19.9. The number of carboxylic acid groups (broad SMARTS) is 1. The Morgan fingerprint density at radius 3 is 2.63 bits per heavy atom. The number of imidazole rings is 1. The van der Waals surface area contributed by atoms with E-state index in [9.17, 15) is 19.5 Å². The van der Waals surface area contributed by atoms with Gasteiger partial charge in [0.1, 0.15) is 24.6 Å². The molecule has 3 fully saturated rings. The molecule has 0 saturated carbocycles. The Labute approximate surface area is 235 Å². The van der Waals surface area contributed by atoms with Gasteiger partial charge in [0.15, 0.2) is 29.5 Å². The van der Waals surface area contributed by atoms with Gasteiger partial charge in [-0.2, -0.15) is 0 Å². The zero-order chi connectivity index (χ0) is 28.5. The second-order valence-corrected chi connectivity index (χ2v) is 10.2. The zero-order valence-electron chi connectivity index (χ0n) is 22.4. The maximum atomic E-state index is 13.4. The number of ether oxygens (including phenoxy) is 3. The minimum absolute atomic E-state index is 0.0715. The lowest BCUT2D eigenvalue weighted by molar-refractivity contribution is -0.161. The molecule has 1 aromatic carbocycles. The fraction of sp³-hybridized carbons (Fsp3) is 0.481. The van der Waals surface area contributed by atoms with Gasteiger partial charge in [-0.3, -0.25) is 14.7 Å². The Kier molecular flexibility index (Phi) is 7.51. The third-order valence-corrected chi connectivity index (χ3v) is 7.60. The summed E-state index contributed by atoms with van der Waals surface area (Å²) in [6, 6.07) is 8.18. The molecule has 6 atom stereocenters. The first-order valence-corrected chi connectivity index (χ1v) is 13.7. The van der Waals surface area contributed by atoms with Crippen molar-refractivity contribution < 1.29 is 33.7 Å². The van der Waals surface area contributed by atoms with Crippen molar-refractivity contribution in [2.75, 3.05) is 18.4 Å². The molecule has 0 radical (unpaired) electrons. The summed E-state index contributed by atoms with van der Waals surface area (Å²) in [5, 5.41) is 15.0. The van der Waals surface area contributed by atoms with Gasteiger partial charge in [-0.1, -0.05) is 30.3 Å². The largest absolute Gasteiger partial charge is 0.480 e. The summed E-state index contributed by atoms with van der Waals surface area (Å²) >= 11 is 0. The highest BCUT2D eigenvalue weighted by Crippen LogP contribution is 2.46. The van der Waals surface area contributed by atoms with E-state index in [-0.39, 0.29) is 18.1 Å². The van der Waals surface area contributed by atoms with Crippen LogP contribution in [0.2, 0.25) is 0 Å². The quantitative estimate of drug-likeness (QED) is 0.386. The molecule has 3 aromatic rings. The summed E-state index contributed by atoms with van der Waals surface area (Å²) in [6.07, 6.45) is 1.30. The number of carbonyl (C=O) groups excluding carboxylic acids is 2. The maximum Gasteiger partial charge on any atom is 0.326 e. The highest BCUT2D eigenvalue weighted by atomic mass is 16.8. The first kappa shape index (κ1) is 27.1. The van der Waals surface area contributed by atoms with Crippen molar-refractivity contribution >= 4 is 34.9 Å². The third kappa shape index (κ3) is 5.21. The molecule has 0 bridgehead atoms. The number of aromatic nitrogens is 4. The van der Waals surface area contributed by atoms with Gasteiger partial charge in [0.2, 0.25) is 5.91 Å². The molecule has 3 N–H and O–H groups in total. The Hall–Kier alpha value is -4.14. The summed E-state index contributed by atoms with van der Waals surface area (Å²) < 4.78 is 20.8. The van der Waals surface area contributed by atoms with Crippen molar-refractivity contribution in [1.29, 1.82) is 0 Å². The number of rotatable bonds is 7. The van der Waals surface area contributed by atoms with Crippen LogP contribution in [-0.4, -0.2) is 84.9 Å². The summed E-state index contributed by atoms with van der Waals surface area (Å²) in [6.45, 7) is 2.63. The number of urea groups is 1. The number of nitrogens with zero attached hydrogens (tertiary/aromatic N) is 5. The Morgan fingerprint density at radius 1 is 1.05 bits per heavy atom. The van der Waals surface area contributed by atoms with E-state index in [2.05, 4.69) is 25.6 Å². The van der Waals surface area contributed by atoms with Crippen LogP contribution in [0, 0.1) is 0 Å². The second kappa shape index (κ2) is 11.4. The number of likely N-dealkylation sites (tertiary alicyclic amines) is 1. The van der Waals surface area contributed by atoms with E-state index in [0.717, 1.165) is 18.4 Å². The average molecular weight is 566 g/mol. The predicted octanol–water partition coefficient (Wildman–Crippen LogP) is 2.20. The number of hydrogen-bond donors (Lipinski definition) is 3. The number of aliphatic carboxylic acids is 1. The highest BCUT2D eigenvalue weighted by molar-refractivity contribution is 5.95. The van der Waals surface area contributed by atoms with E-state index in [1.165, 1.54) is 17.6 Å². The monoisotopic (exact) mass is 565 g/mol. The van der Waals surface area contributed by atoms with Crippen LogP contribution >= 0.6 is 0 Å². The minimum Gasteiger partial charge on any atom is -0.480 e. The summed E-state index contributed by atoms with van der Waals surface area (Å²) in [5.41, 5.74) is 1.57. The lowest BCUT2D eigenvalue weighted by Gasteiger charge is -2.34. The maximum absolute atomic E-state index is 13.4. The molecule has 5 heterocycles. The molecule has 3 amide bonds. The number of hydrogen-bond acceptors (Lipinski definition) is 9. The van der Waals surface area contributed by atoms with E-state index in [0.29, 0.717) is 30.7 Å². The third-order valence-electron chi connectivity index (χ3n) is 7.60. The average Bonchev–Trinajstić information content (AvgIpc) is 3.69. The minimum atomic E-state index is -1.01. The molecule has 0 spiro atoms. The van der Waals surface area contributed by atoms with Crippen molar-refractivity contribution in [2.24, 2.45) is 0 Å². The predicted molar refractivity (Wildman–Crippen MR) is 142 cm³/mol. The van der Waals surface area contributed by atoms with Gasteiger partial charge in [-0.05, 0) is 26.2 Å². The lowest BCUT2D eigenvalue weighted by atomic mass is 10.0. The number of carbonyl (C=O) groups is 3. The molecule has 3 saturated heterocycles. The molecule has 3 aliphatic rings. The lowest BCUT2D eigenvalue weighted by Crippen LogP contribution is -2.49. The van der Waals surface area contributed by atoms with E-state index in [1.54, 1.807) is 11.5 Å². The fourth-order valence-electron chi connectivity index (χ4n) is 5.71. The molecule has 0 aliphatic carbocycles. The van der Waals surface area contributed by atoms with Crippen LogP contribution in [0.15, 0.2) is 43.0 Å². The van der Waals surface area contributed by atoms with E-state index in [4.69, 9.17) is 14.2 Å². The standard InChI is InChI=1S/C27H31N7O7/c1-2-28-27(38)32-22-19-23(30-13-29-22)34(14-31-19)24-21-20(40-26(41-21)15-8-4-3-5-9-15)17(39-24)12-18(35)33-11-7-6-10-16(33)25(36)37/h3-5,8-9,13-14,16-17,20-21,24,26H,2,6-7,10-12H2,1H3,(H,36,37)(H2,28,29,30,32,38)/t16-,17?,20?,21?,24?,26+/m1/s1. The summed E-state index contributed by atoms with van der Waals surface area (Å²) in [7, 11) is 0. The zero-order valence-corrected chi connectivity index (χ0v) is 22.4. The van der Waals surface area contributed by atoms with Gasteiger partial charge in [0.25, 0.3) is 0 Å². The topological polar surface area (TPSA) is 170 Å². The molecule has 14 nitrogen and oxygen atoms in total. The number of fused-ring (bicyclic) bond motifs is 2. The SMILES string of the molecule is CCNC(=O)Nc1ncnc2c1ncn2C1OC(CC(=O)N2CCCC[C@@H]2C(=O)O)C2O[C@H](c3ccccc3)OC21. The highest BCUT2D eigenvalue weighted by Gasteiger charge is 2.55. The van der Waals surface area contributed by atoms with Crippen LogP contribution in [0.25, 0.3) is 11.2 Å². The van der Waals surface area contributed by atoms with Crippen LogP contribution in [0.1, 0.15) is 50.7 Å². The molecule has 6 rings (SSSR count). The summed E-state index contributed by atoms with van der Waals surface area (Å²) in [4.78, 5) is 51.8. The van der Waals surface area contributed by atoms with Gasteiger partial charge in [0.05, 0.1) is 18.9 Å². The normalized spacial score (nSPS) is 27.5. The van der Waals surface area contributed by atoms with E-state index < -0.39 is 48.9 Å². The van der Waals surface area contributed by atoms with Crippen molar-refractivity contribution in [3.63, 3.8) is 0 Å².